The molecule has 0 saturated carbocycles. The molecule has 1 atom stereocenters. The maximum absolute atomic E-state index is 5.78. The van der Waals surface area contributed by atoms with Crippen LogP contribution in [0.2, 0.25) is 0 Å². The van der Waals surface area contributed by atoms with Crippen LogP contribution in [0.3, 0.4) is 0 Å². The number of rotatable bonds is 4. The van der Waals surface area contributed by atoms with E-state index in [2.05, 4.69) is 57.3 Å². The van der Waals surface area contributed by atoms with Gasteiger partial charge in [0.2, 0.25) is 0 Å². The monoisotopic (exact) mass is 373 g/mol. The highest BCUT2D eigenvalue weighted by Crippen LogP contribution is 2.38. The van der Waals surface area contributed by atoms with Gasteiger partial charge < -0.3 is 9.47 Å². The van der Waals surface area contributed by atoms with Crippen molar-refractivity contribution in [3.05, 3.63) is 72.3 Å². The number of hydrogen-bond acceptors (Lipinski definition) is 5. The minimum absolute atomic E-state index is 0.429. The van der Waals surface area contributed by atoms with Gasteiger partial charge in [-0.3, -0.25) is 4.90 Å². The first-order chi connectivity index (χ1) is 13.9. The fraction of sp³-hybridized carbons (Fsp3) is 0.304. The van der Waals surface area contributed by atoms with E-state index in [9.17, 15) is 0 Å². The Bertz CT molecular complexity index is 944. The summed E-state index contributed by atoms with van der Waals surface area (Å²) in [6.07, 6.45) is 7.65. The molecule has 0 radical (unpaired) electrons. The number of likely N-dealkylation sites (tertiary alicyclic amines) is 1. The summed E-state index contributed by atoms with van der Waals surface area (Å²) in [5, 5.41) is 0. The van der Waals surface area contributed by atoms with Gasteiger partial charge in [-0.25, -0.2) is 9.97 Å². The first-order valence-electron chi connectivity index (χ1n) is 9.85. The SMILES string of the molecule is c1ncc(-c2ccc(CN3CCC[C@H]3c3ccc4c(c3)OCCO4)cc2)cn1. The van der Waals surface area contributed by atoms with Gasteiger partial charge >= 0.3 is 0 Å². The predicted octanol–water partition coefficient (Wildman–Crippen LogP) is 4.25. The molecule has 5 heteroatoms. The summed E-state index contributed by atoms with van der Waals surface area (Å²) in [5.74, 6) is 1.74. The molecule has 1 aromatic heterocycles. The highest BCUT2D eigenvalue weighted by Gasteiger charge is 2.27. The first-order valence-corrected chi connectivity index (χ1v) is 9.85. The second-order valence-electron chi connectivity index (χ2n) is 7.36. The lowest BCUT2D eigenvalue weighted by Crippen LogP contribution is -2.23. The predicted molar refractivity (Wildman–Crippen MR) is 107 cm³/mol. The zero-order valence-corrected chi connectivity index (χ0v) is 15.8. The van der Waals surface area contributed by atoms with Gasteiger partial charge in [0.15, 0.2) is 11.5 Å². The second-order valence-corrected chi connectivity index (χ2v) is 7.36. The van der Waals surface area contributed by atoms with E-state index in [-0.39, 0.29) is 0 Å². The van der Waals surface area contributed by atoms with E-state index in [4.69, 9.17) is 9.47 Å². The molecule has 28 heavy (non-hydrogen) atoms. The maximum Gasteiger partial charge on any atom is 0.161 e. The molecule has 5 nitrogen and oxygen atoms in total. The summed E-state index contributed by atoms with van der Waals surface area (Å²) in [5.41, 5.74) is 4.84. The van der Waals surface area contributed by atoms with E-state index >= 15 is 0 Å². The van der Waals surface area contributed by atoms with E-state index in [1.54, 1.807) is 6.33 Å². The highest BCUT2D eigenvalue weighted by atomic mass is 16.6. The lowest BCUT2D eigenvalue weighted by molar-refractivity contribution is 0.170. The van der Waals surface area contributed by atoms with Gasteiger partial charge in [-0.2, -0.15) is 0 Å². The van der Waals surface area contributed by atoms with Crippen molar-refractivity contribution in [2.24, 2.45) is 0 Å². The minimum atomic E-state index is 0.429. The Hall–Kier alpha value is -2.92. The molecule has 0 aliphatic carbocycles. The van der Waals surface area contributed by atoms with Gasteiger partial charge in [-0.1, -0.05) is 30.3 Å². The number of hydrogen-bond donors (Lipinski definition) is 0. The lowest BCUT2D eigenvalue weighted by Gasteiger charge is -2.26. The minimum Gasteiger partial charge on any atom is -0.486 e. The van der Waals surface area contributed by atoms with Gasteiger partial charge in [0.25, 0.3) is 0 Å². The summed E-state index contributed by atoms with van der Waals surface area (Å²) < 4.78 is 11.4. The molecule has 0 N–H and O–H groups in total. The Kier molecular flexibility index (Phi) is 4.67. The standard InChI is InChI=1S/C23H23N3O2/c1-2-21(19-7-8-22-23(12-19)28-11-10-27-22)26(9-1)15-17-3-5-18(6-4-17)20-13-24-16-25-14-20/h3-8,12-14,16,21H,1-2,9-11,15H2/t21-/m0/s1. The van der Waals surface area contributed by atoms with Crippen molar-refractivity contribution in [2.75, 3.05) is 19.8 Å². The van der Waals surface area contributed by atoms with Gasteiger partial charge in [-0.05, 0) is 48.2 Å². The van der Waals surface area contributed by atoms with Crippen molar-refractivity contribution in [1.82, 2.24) is 14.9 Å². The maximum atomic E-state index is 5.78. The molecule has 3 aromatic rings. The largest absolute Gasteiger partial charge is 0.486 e. The Morgan fingerprint density at radius 2 is 1.68 bits per heavy atom. The van der Waals surface area contributed by atoms with Crippen LogP contribution in [0.25, 0.3) is 11.1 Å². The number of aromatic nitrogens is 2. The molecule has 0 amide bonds. The highest BCUT2D eigenvalue weighted by molar-refractivity contribution is 5.61. The molecule has 2 aromatic carbocycles. The topological polar surface area (TPSA) is 47.5 Å². The van der Waals surface area contributed by atoms with Crippen LogP contribution in [0, 0.1) is 0 Å². The average Bonchev–Trinajstić information content (AvgIpc) is 3.23. The van der Waals surface area contributed by atoms with Crippen molar-refractivity contribution in [3.63, 3.8) is 0 Å². The first kappa shape index (κ1) is 17.2. The van der Waals surface area contributed by atoms with Crippen molar-refractivity contribution in [1.29, 1.82) is 0 Å². The number of fused-ring (bicyclic) bond motifs is 1. The van der Waals surface area contributed by atoms with E-state index in [1.807, 2.05) is 12.4 Å². The third kappa shape index (κ3) is 3.45. The molecule has 1 fully saturated rings. The van der Waals surface area contributed by atoms with Gasteiger partial charge in [0, 0.05) is 30.5 Å². The van der Waals surface area contributed by atoms with Gasteiger partial charge in [0.05, 0.1) is 0 Å². The van der Waals surface area contributed by atoms with Crippen LogP contribution >= 0.6 is 0 Å². The zero-order valence-electron chi connectivity index (χ0n) is 15.8. The van der Waals surface area contributed by atoms with Gasteiger partial charge in [0.1, 0.15) is 19.5 Å². The van der Waals surface area contributed by atoms with E-state index in [0.717, 1.165) is 35.7 Å². The van der Waals surface area contributed by atoms with Crippen LogP contribution in [0.1, 0.15) is 30.0 Å². The van der Waals surface area contributed by atoms with E-state index < -0.39 is 0 Å². The van der Waals surface area contributed by atoms with E-state index in [0.29, 0.717) is 19.3 Å². The summed E-state index contributed by atoms with van der Waals surface area (Å²) >= 11 is 0. The molecule has 0 unspecified atom stereocenters. The molecule has 2 aliphatic heterocycles. The smallest absolute Gasteiger partial charge is 0.161 e. The van der Waals surface area contributed by atoms with Gasteiger partial charge in [-0.15, -0.1) is 0 Å². The quantitative estimate of drug-likeness (QED) is 0.684. The third-order valence-corrected chi connectivity index (χ3v) is 5.55. The van der Waals surface area contributed by atoms with Crippen molar-refractivity contribution >= 4 is 0 Å². The molecule has 1 saturated heterocycles. The Balaban J connectivity index is 1.32. The van der Waals surface area contributed by atoms with Crippen LogP contribution < -0.4 is 9.47 Å². The number of nitrogens with zero attached hydrogens (tertiary/aromatic N) is 3. The van der Waals surface area contributed by atoms with E-state index in [1.165, 1.54) is 24.0 Å². The Morgan fingerprint density at radius 3 is 2.50 bits per heavy atom. The third-order valence-electron chi connectivity index (χ3n) is 5.55. The van der Waals surface area contributed by atoms with Crippen LogP contribution in [0.15, 0.2) is 61.2 Å². The summed E-state index contributed by atoms with van der Waals surface area (Å²) in [7, 11) is 0. The Labute approximate surface area is 165 Å². The molecular formula is C23H23N3O2. The second kappa shape index (κ2) is 7.60. The lowest BCUT2D eigenvalue weighted by atomic mass is 10.0. The summed E-state index contributed by atoms with van der Waals surface area (Å²) in [4.78, 5) is 10.8. The van der Waals surface area contributed by atoms with Crippen LogP contribution in [0.5, 0.6) is 11.5 Å². The molecule has 0 spiro atoms. The summed E-state index contributed by atoms with van der Waals surface area (Å²) in [6.45, 7) is 3.33. The normalized spacial score (nSPS) is 18.9. The van der Waals surface area contributed by atoms with Crippen molar-refractivity contribution in [3.8, 4) is 22.6 Å². The zero-order chi connectivity index (χ0) is 18.8. The molecule has 142 valence electrons. The molecule has 0 bridgehead atoms. The van der Waals surface area contributed by atoms with Crippen molar-refractivity contribution < 1.29 is 9.47 Å². The fourth-order valence-corrected chi connectivity index (χ4v) is 4.15. The molecule has 5 rings (SSSR count). The van der Waals surface area contributed by atoms with Crippen molar-refractivity contribution in [2.45, 2.75) is 25.4 Å². The fourth-order valence-electron chi connectivity index (χ4n) is 4.15. The molecular weight excluding hydrogens is 350 g/mol. The number of benzene rings is 2. The Morgan fingerprint density at radius 1 is 0.893 bits per heavy atom. The number of ether oxygens (including phenoxy) is 2. The molecule has 3 heterocycles. The van der Waals surface area contributed by atoms with Crippen LogP contribution in [-0.4, -0.2) is 34.6 Å². The van der Waals surface area contributed by atoms with Crippen LogP contribution in [-0.2, 0) is 6.54 Å². The average molecular weight is 373 g/mol. The van der Waals surface area contributed by atoms with Crippen LogP contribution in [0.4, 0.5) is 0 Å². The summed E-state index contributed by atoms with van der Waals surface area (Å²) in [6, 6.07) is 15.6. The molecule has 2 aliphatic rings.